The molecule has 6 aliphatic rings. The molecular weight excluding hydrogens is 854 g/mol. The molecule has 18 heteroatoms. The lowest BCUT2D eigenvalue weighted by Crippen LogP contribution is -2.52. The van der Waals surface area contributed by atoms with E-state index in [0.29, 0.717) is 104 Å². The molecule has 0 radical (unpaired) electrons. The molecule has 0 spiro atoms. The number of carbonyl (C=O) groups excluding carboxylic acids is 4. The van der Waals surface area contributed by atoms with E-state index in [1.807, 2.05) is 4.90 Å². The zero-order chi connectivity index (χ0) is 46.3. The molecule has 2 aromatic heterocycles. The Kier molecular flexibility index (Phi) is 12.8. The summed E-state index contributed by atoms with van der Waals surface area (Å²) in [5.41, 5.74) is 1.85. The summed E-state index contributed by atoms with van der Waals surface area (Å²) < 4.78 is 50.3. The van der Waals surface area contributed by atoms with Gasteiger partial charge in [0.05, 0.1) is 23.5 Å². The number of aryl methyl sites for hydroxylation is 2. The number of hydrogen-bond donors (Lipinski definition) is 3. The second-order valence-corrected chi connectivity index (χ2v) is 18.4. The largest absolute Gasteiger partial charge is 0.376 e. The van der Waals surface area contributed by atoms with Crippen molar-refractivity contribution in [2.24, 2.45) is 5.92 Å². The Balaban J connectivity index is 0.938. The molecule has 15 nitrogen and oxygen atoms in total. The predicted octanol–water partition coefficient (Wildman–Crippen LogP) is 5.70. The van der Waals surface area contributed by atoms with Gasteiger partial charge in [-0.3, -0.25) is 33.9 Å². The van der Waals surface area contributed by atoms with Crippen LogP contribution in [0.1, 0.15) is 104 Å². The third-order valence-corrected chi connectivity index (χ3v) is 14.2. The molecule has 10 rings (SSSR count). The first-order valence-corrected chi connectivity index (χ1v) is 23.4. The molecule has 6 aliphatic heterocycles. The maximum absolute atomic E-state index is 16.4. The monoisotopic (exact) mass is 910 g/mol. The zero-order valence-corrected chi connectivity index (χ0v) is 37.5. The molecule has 3 fully saturated rings. The predicted molar refractivity (Wildman–Crippen MR) is 243 cm³/mol. The Morgan fingerprint density at radius 1 is 0.879 bits per heavy atom. The maximum atomic E-state index is 16.4. The molecule has 3 N–H and O–H groups in total. The molecule has 2 atom stereocenters. The van der Waals surface area contributed by atoms with Crippen molar-refractivity contribution in [2.75, 3.05) is 67.9 Å². The molecule has 8 heterocycles. The molecule has 0 aliphatic carbocycles. The Morgan fingerprint density at radius 2 is 1.61 bits per heavy atom. The molecule has 66 heavy (non-hydrogen) atoms. The molecule has 0 saturated carbocycles. The van der Waals surface area contributed by atoms with Crippen LogP contribution in [0.4, 0.5) is 30.4 Å². The number of nitrogens with one attached hydrogen (secondary N) is 3. The number of amides is 4. The summed E-state index contributed by atoms with van der Waals surface area (Å²) >= 11 is 0. The van der Waals surface area contributed by atoms with Crippen LogP contribution in [-0.4, -0.2) is 111 Å². The highest BCUT2D eigenvalue weighted by Gasteiger charge is 2.45. The van der Waals surface area contributed by atoms with Gasteiger partial charge in [-0.15, -0.1) is 0 Å². The van der Waals surface area contributed by atoms with Gasteiger partial charge < -0.3 is 30.2 Å². The minimum absolute atomic E-state index is 0.0459. The van der Waals surface area contributed by atoms with Crippen LogP contribution in [0, 0.1) is 18.7 Å². The molecule has 2 aromatic carbocycles. The van der Waals surface area contributed by atoms with Crippen LogP contribution in [-0.2, 0) is 33.4 Å². The van der Waals surface area contributed by atoms with E-state index in [1.54, 1.807) is 47.6 Å². The summed E-state index contributed by atoms with van der Waals surface area (Å²) in [6.07, 6.45) is 5.51. The lowest BCUT2D eigenvalue weighted by molar-refractivity contribution is -0.137. The summed E-state index contributed by atoms with van der Waals surface area (Å²) in [7, 11) is 0. The van der Waals surface area contributed by atoms with Crippen LogP contribution < -0.4 is 26.4 Å². The number of anilines is 3. The fraction of sp³-hybridized carbons (Fsp3) is 0.521. The standard InChI is InChI=1S/C48H57F3N10O5/c1-29-32-10-8-12-36(42(32)49)48(50,51)31-16-20-57(21-17-31)18-6-4-3-5-7-19-60-44-34(43(53-29)54-30(2)55-44)26-39(47(60)66)58-22-24-59(25-23-58)41(63)27-52-37-13-9-11-33-35(37)28-61(46(33)65)38-14-15-40(62)56-45(38)64/h8-13,26,29,31,38,52H,3-7,14-25,27-28H2,1-2H3,(H,53,54,55)(H,56,62,64)/t29-,38?/m1/s1. The number of alkyl halides is 2. The van der Waals surface area contributed by atoms with Crippen LogP contribution in [0.3, 0.4) is 0 Å². The fourth-order valence-corrected chi connectivity index (χ4v) is 10.4. The first-order valence-electron chi connectivity index (χ1n) is 23.4. The number of benzene rings is 2. The molecule has 3 saturated heterocycles. The summed E-state index contributed by atoms with van der Waals surface area (Å²) in [5.74, 6) is -5.82. The van der Waals surface area contributed by atoms with Crippen molar-refractivity contribution in [3.05, 3.63) is 86.7 Å². The smallest absolute Gasteiger partial charge is 0.278 e. The average Bonchev–Trinajstić information content (AvgIpc) is 3.64. The Morgan fingerprint density at radius 3 is 2.36 bits per heavy atom. The molecule has 350 valence electrons. The molecule has 4 amide bonds. The molecule has 1 unspecified atom stereocenters. The van der Waals surface area contributed by atoms with E-state index in [1.165, 1.54) is 23.1 Å². The minimum Gasteiger partial charge on any atom is -0.376 e. The minimum atomic E-state index is -3.34. The van der Waals surface area contributed by atoms with Crippen molar-refractivity contribution in [1.29, 1.82) is 0 Å². The highest BCUT2D eigenvalue weighted by atomic mass is 19.3. The summed E-state index contributed by atoms with van der Waals surface area (Å²) in [6.45, 7) is 7.29. The third kappa shape index (κ3) is 8.83. The highest BCUT2D eigenvalue weighted by Crippen LogP contribution is 2.44. The quantitative estimate of drug-likeness (QED) is 0.211. The Hall–Kier alpha value is -6.04. The number of piperazine rings is 1. The van der Waals surface area contributed by atoms with Gasteiger partial charge in [0.25, 0.3) is 17.4 Å². The molecular formula is C48H57F3N10O5. The van der Waals surface area contributed by atoms with E-state index in [9.17, 15) is 24.0 Å². The van der Waals surface area contributed by atoms with Gasteiger partial charge in [-0.05, 0) is 83.8 Å². The first-order chi connectivity index (χ1) is 31.8. The van der Waals surface area contributed by atoms with Gasteiger partial charge in [-0.1, -0.05) is 43.5 Å². The van der Waals surface area contributed by atoms with E-state index < -0.39 is 41.2 Å². The van der Waals surface area contributed by atoms with E-state index in [0.717, 1.165) is 38.6 Å². The second kappa shape index (κ2) is 18.7. The molecule has 8 bridgehead atoms. The summed E-state index contributed by atoms with van der Waals surface area (Å²) in [5, 5.41) is 9.38. The number of fused-ring (bicyclic) bond motifs is 10. The summed E-state index contributed by atoms with van der Waals surface area (Å²) in [6, 6.07) is 9.63. The van der Waals surface area contributed by atoms with Crippen molar-refractivity contribution in [3.8, 4) is 0 Å². The van der Waals surface area contributed by atoms with Gasteiger partial charge in [0.15, 0.2) is 0 Å². The van der Waals surface area contributed by atoms with E-state index >= 15 is 13.2 Å². The van der Waals surface area contributed by atoms with Crippen LogP contribution in [0.15, 0.2) is 47.3 Å². The normalized spacial score (nSPS) is 23.9. The Bertz CT molecular complexity index is 2610. The third-order valence-electron chi connectivity index (χ3n) is 14.2. The lowest BCUT2D eigenvalue weighted by Gasteiger charge is -2.36. The number of imide groups is 1. The zero-order valence-electron chi connectivity index (χ0n) is 37.5. The number of pyridine rings is 1. The van der Waals surface area contributed by atoms with Gasteiger partial charge in [0.1, 0.15) is 34.8 Å². The van der Waals surface area contributed by atoms with Crippen LogP contribution in [0.2, 0.25) is 0 Å². The van der Waals surface area contributed by atoms with E-state index in [2.05, 4.69) is 20.9 Å². The van der Waals surface area contributed by atoms with Crippen molar-refractivity contribution in [1.82, 2.24) is 34.6 Å². The van der Waals surface area contributed by atoms with Gasteiger partial charge >= 0.3 is 0 Å². The van der Waals surface area contributed by atoms with Gasteiger partial charge in [-0.2, -0.15) is 0 Å². The maximum Gasteiger partial charge on any atom is 0.278 e. The molecule has 4 aromatic rings. The van der Waals surface area contributed by atoms with Crippen LogP contribution in [0.5, 0.6) is 0 Å². The number of aromatic nitrogens is 3. The SMILES string of the molecule is Cc1nc2c3cc(N4CCN(C(=O)CNc5cccc6c5CN(C5CCC(=O)NC5=O)C6=O)CC4)c(=O)n(c3n1)CCCCCCCN1CCC(CC1)C(F)(F)c1cccc(c1F)[C@@H](C)N2. The number of piperidine rings is 2. The Labute approximate surface area is 381 Å². The number of nitrogens with zero attached hydrogens (tertiary/aromatic N) is 7. The second-order valence-electron chi connectivity index (χ2n) is 18.4. The highest BCUT2D eigenvalue weighted by molar-refractivity contribution is 6.06. The number of halogens is 3. The van der Waals surface area contributed by atoms with Gasteiger partial charge in [-0.25, -0.2) is 23.1 Å². The van der Waals surface area contributed by atoms with Gasteiger partial charge in [0.2, 0.25) is 17.7 Å². The topological polar surface area (TPSA) is 165 Å². The van der Waals surface area contributed by atoms with Crippen molar-refractivity contribution in [2.45, 2.75) is 103 Å². The number of hydrogen-bond acceptors (Lipinski definition) is 11. The number of rotatable bonds is 5. The van der Waals surface area contributed by atoms with E-state index in [-0.39, 0.29) is 54.8 Å². The van der Waals surface area contributed by atoms with Gasteiger partial charge in [0, 0.05) is 74.0 Å². The van der Waals surface area contributed by atoms with Crippen LogP contribution in [0.25, 0.3) is 11.0 Å². The fourth-order valence-electron chi connectivity index (χ4n) is 10.4. The first kappa shape index (κ1) is 45.1. The lowest BCUT2D eigenvalue weighted by atomic mass is 9.85. The van der Waals surface area contributed by atoms with E-state index in [4.69, 9.17) is 9.97 Å². The van der Waals surface area contributed by atoms with Crippen LogP contribution >= 0.6 is 0 Å². The number of carbonyl (C=O) groups is 4. The van der Waals surface area contributed by atoms with Crippen molar-refractivity contribution < 1.29 is 32.3 Å². The van der Waals surface area contributed by atoms with Crippen molar-refractivity contribution in [3.63, 3.8) is 0 Å². The average molecular weight is 911 g/mol. The van der Waals surface area contributed by atoms with Crippen molar-refractivity contribution >= 4 is 51.9 Å². The summed E-state index contributed by atoms with van der Waals surface area (Å²) in [4.78, 5) is 82.7.